The molecule has 0 fully saturated rings. The molecule has 0 bridgehead atoms. The number of aromatic nitrogens is 4. The van der Waals surface area contributed by atoms with Crippen LogP contribution in [0.15, 0.2) is 24.3 Å². The summed E-state index contributed by atoms with van der Waals surface area (Å²) in [5.74, 6) is 2.34. The van der Waals surface area contributed by atoms with Crippen LogP contribution in [0.2, 0.25) is 0 Å². The fraction of sp³-hybridized carbons (Fsp3) is 0.429. The number of methoxy groups -OCH3 is 1. The van der Waals surface area contributed by atoms with Crippen LogP contribution in [0, 0.1) is 0 Å². The average Bonchev–Trinajstić information content (AvgIpc) is 2.96. The number of anilines is 1. The fourth-order valence-electron chi connectivity index (χ4n) is 1.84. The van der Waals surface area contributed by atoms with Crippen molar-refractivity contribution >= 4 is 23.4 Å². The van der Waals surface area contributed by atoms with Crippen molar-refractivity contribution in [3.05, 3.63) is 30.1 Å². The number of hydrogen-bond donors (Lipinski definition) is 1. The van der Waals surface area contributed by atoms with E-state index in [1.54, 1.807) is 17.9 Å². The number of rotatable bonds is 7. The molecular formula is C14H19N5O2S. The number of hydrogen-bond acceptors (Lipinski definition) is 6. The van der Waals surface area contributed by atoms with Gasteiger partial charge in [0, 0.05) is 11.8 Å². The van der Waals surface area contributed by atoms with Crippen LogP contribution in [0.25, 0.3) is 0 Å². The fourth-order valence-corrected chi connectivity index (χ4v) is 2.57. The highest BCUT2D eigenvalue weighted by Gasteiger charge is 2.10. The summed E-state index contributed by atoms with van der Waals surface area (Å²) in [6.07, 6.45) is 0. The predicted molar refractivity (Wildman–Crippen MR) is 86.0 cm³/mol. The maximum Gasteiger partial charge on any atom is 0.234 e. The number of carbonyl (C=O) groups excluding carboxylic acids is 1. The van der Waals surface area contributed by atoms with Gasteiger partial charge >= 0.3 is 0 Å². The van der Waals surface area contributed by atoms with E-state index in [1.165, 1.54) is 11.8 Å². The summed E-state index contributed by atoms with van der Waals surface area (Å²) in [4.78, 5) is 11.9. The zero-order valence-electron chi connectivity index (χ0n) is 12.8. The van der Waals surface area contributed by atoms with E-state index in [1.807, 2.05) is 32.0 Å². The lowest BCUT2D eigenvalue weighted by Gasteiger charge is -2.08. The van der Waals surface area contributed by atoms with Gasteiger partial charge in [-0.1, -0.05) is 6.07 Å². The van der Waals surface area contributed by atoms with Crippen molar-refractivity contribution in [2.24, 2.45) is 0 Å². The Bertz CT molecular complexity index is 629. The van der Waals surface area contributed by atoms with Gasteiger partial charge in [-0.15, -0.1) is 16.9 Å². The summed E-state index contributed by atoms with van der Waals surface area (Å²) in [7, 11) is 1.59. The minimum absolute atomic E-state index is 0.0678. The Labute approximate surface area is 133 Å². The van der Waals surface area contributed by atoms with Crippen molar-refractivity contribution in [2.75, 3.05) is 18.2 Å². The lowest BCUT2D eigenvalue weighted by atomic mass is 10.3. The van der Waals surface area contributed by atoms with Crippen molar-refractivity contribution in [3.8, 4) is 5.75 Å². The Balaban J connectivity index is 1.81. The second-order valence-electron chi connectivity index (χ2n) is 4.91. The van der Waals surface area contributed by atoms with Crippen LogP contribution in [0.1, 0.15) is 25.7 Å². The Morgan fingerprint density at radius 1 is 1.45 bits per heavy atom. The van der Waals surface area contributed by atoms with Gasteiger partial charge in [0.1, 0.15) is 5.75 Å². The quantitative estimate of drug-likeness (QED) is 0.841. The van der Waals surface area contributed by atoms with E-state index < -0.39 is 0 Å². The molecule has 0 aliphatic carbocycles. The Kier molecular flexibility index (Phi) is 5.76. The summed E-state index contributed by atoms with van der Waals surface area (Å²) in [5, 5.41) is 14.4. The van der Waals surface area contributed by atoms with Gasteiger partial charge in [-0.25, -0.2) is 4.68 Å². The highest BCUT2D eigenvalue weighted by Crippen LogP contribution is 2.17. The van der Waals surface area contributed by atoms with Gasteiger partial charge in [-0.05, 0) is 36.4 Å². The second kappa shape index (κ2) is 7.79. The molecule has 1 heterocycles. The smallest absolute Gasteiger partial charge is 0.234 e. The molecule has 0 saturated carbocycles. The molecule has 0 aliphatic rings. The molecule has 0 unspecified atom stereocenters. The summed E-state index contributed by atoms with van der Waals surface area (Å²) >= 11 is 1.47. The molecule has 22 heavy (non-hydrogen) atoms. The van der Waals surface area contributed by atoms with E-state index in [0.29, 0.717) is 17.3 Å². The molecule has 0 atom stereocenters. The summed E-state index contributed by atoms with van der Waals surface area (Å²) < 4.78 is 6.88. The first-order valence-electron chi connectivity index (χ1n) is 6.88. The van der Waals surface area contributed by atoms with E-state index in [4.69, 9.17) is 4.74 Å². The van der Waals surface area contributed by atoms with Crippen molar-refractivity contribution in [2.45, 2.75) is 25.6 Å². The molecule has 2 rings (SSSR count). The van der Waals surface area contributed by atoms with Crippen molar-refractivity contribution in [1.82, 2.24) is 20.2 Å². The van der Waals surface area contributed by atoms with Crippen LogP contribution in [0.4, 0.5) is 5.69 Å². The maximum absolute atomic E-state index is 11.9. The Hall–Kier alpha value is -2.09. The van der Waals surface area contributed by atoms with Gasteiger partial charge in [0.2, 0.25) is 5.91 Å². The zero-order valence-corrected chi connectivity index (χ0v) is 13.6. The number of nitrogens with one attached hydrogen (secondary N) is 1. The zero-order chi connectivity index (χ0) is 15.9. The van der Waals surface area contributed by atoms with Crippen LogP contribution in [-0.2, 0) is 10.5 Å². The third-order valence-corrected chi connectivity index (χ3v) is 3.80. The molecule has 0 saturated heterocycles. The molecule has 7 nitrogen and oxygen atoms in total. The monoisotopic (exact) mass is 321 g/mol. The number of carbonyl (C=O) groups is 1. The number of benzene rings is 1. The summed E-state index contributed by atoms with van der Waals surface area (Å²) in [6, 6.07) is 7.47. The van der Waals surface area contributed by atoms with Gasteiger partial charge in [0.25, 0.3) is 0 Å². The van der Waals surface area contributed by atoms with E-state index in [9.17, 15) is 4.79 Å². The predicted octanol–water partition coefficient (Wildman–Crippen LogP) is 2.13. The molecule has 2 aromatic rings. The molecule has 1 amide bonds. The first kappa shape index (κ1) is 16.3. The third kappa shape index (κ3) is 4.45. The highest BCUT2D eigenvalue weighted by atomic mass is 32.2. The van der Waals surface area contributed by atoms with Crippen LogP contribution in [-0.4, -0.2) is 39.0 Å². The molecule has 1 aromatic carbocycles. The second-order valence-corrected chi connectivity index (χ2v) is 5.89. The molecule has 0 radical (unpaired) electrons. The Morgan fingerprint density at radius 2 is 2.27 bits per heavy atom. The normalized spacial score (nSPS) is 10.7. The van der Waals surface area contributed by atoms with Crippen LogP contribution in [0.3, 0.4) is 0 Å². The van der Waals surface area contributed by atoms with Crippen LogP contribution < -0.4 is 10.1 Å². The minimum atomic E-state index is -0.0678. The topological polar surface area (TPSA) is 81.9 Å². The largest absolute Gasteiger partial charge is 0.497 e. The first-order chi connectivity index (χ1) is 10.6. The van der Waals surface area contributed by atoms with E-state index in [-0.39, 0.29) is 11.9 Å². The SMILES string of the molecule is COc1cccc(NC(=O)CSCc2nnnn2C(C)C)c1. The highest BCUT2D eigenvalue weighted by molar-refractivity contribution is 7.99. The van der Waals surface area contributed by atoms with E-state index in [0.717, 1.165) is 11.5 Å². The molecule has 0 spiro atoms. The molecule has 1 aromatic heterocycles. The van der Waals surface area contributed by atoms with Crippen molar-refractivity contribution in [1.29, 1.82) is 0 Å². The molecular weight excluding hydrogens is 302 g/mol. The minimum Gasteiger partial charge on any atom is -0.497 e. The van der Waals surface area contributed by atoms with Gasteiger partial charge in [0.15, 0.2) is 5.82 Å². The third-order valence-electron chi connectivity index (χ3n) is 2.87. The lowest BCUT2D eigenvalue weighted by Crippen LogP contribution is -2.15. The van der Waals surface area contributed by atoms with Gasteiger partial charge in [0.05, 0.1) is 24.7 Å². The molecule has 1 N–H and O–H groups in total. The number of thioether (sulfide) groups is 1. The standard InChI is InChI=1S/C14H19N5O2S/c1-10(2)19-13(16-17-18-19)8-22-9-14(20)15-11-5-4-6-12(7-11)21-3/h4-7,10H,8-9H2,1-3H3,(H,15,20). The van der Waals surface area contributed by atoms with E-state index in [2.05, 4.69) is 20.8 Å². The Morgan fingerprint density at radius 3 is 3.00 bits per heavy atom. The summed E-state index contributed by atoms with van der Waals surface area (Å²) in [6.45, 7) is 4.03. The van der Waals surface area contributed by atoms with Gasteiger partial charge in [-0.3, -0.25) is 4.79 Å². The van der Waals surface area contributed by atoms with Crippen molar-refractivity contribution < 1.29 is 9.53 Å². The molecule has 118 valence electrons. The van der Waals surface area contributed by atoms with E-state index >= 15 is 0 Å². The first-order valence-corrected chi connectivity index (χ1v) is 8.04. The maximum atomic E-state index is 11.9. The van der Waals surface area contributed by atoms with Gasteiger partial charge < -0.3 is 10.1 Å². The molecule has 8 heteroatoms. The van der Waals surface area contributed by atoms with Crippen LogP contribution in [0.5, 0.6) is 5.75 Å². The van der Waals surface area contributed by atoms with Crippen LogP contribution >= 0.6 is 11.8 Å². The number of ether oxygens (including phenoxy) is 1. The number of tetrazole rings is 1. The molecule has 0 aliphatic heterocycles. The summed E-state index contributed by atoms with van der Waals surface area (Å²) in [5.41, 5.74) is 0.719. The number of nitrogens with zero attached hydrogens (tertiary/aromatic N) is 4. The van der Waals surface area contributed by atoms with Gasteiger partial charge in [-0.2, -0.15) is 0 Å². The number of amides is 1. The van der Waals surface area contributed by atoms with Crippen molar-refractivity contribution in [3.63, 3.8) is 0 Å². The lowest BCUT2D eigenvalue weighted by molar-refractivity contribution is -0.113. The average molecular weight is 321 g/mol.